The summed E-state index contributed by atoms with van der Waals surface area (Å²) in [4.78, 5) is 46.8. The third kappa shape index (κ3) is 6.04. The van der Waals surface area contributed by atoms with Crippen LogP contribution in [0.25, 0.3) is 0 Å². The molecule has 4 saturated heterocycles. The van der Waals surface area contributed by atoms with E-state index in [2.05, 4.69) is 80.7 Å². The first kappa shape index (κ1) is 35.7. The highest BCUT2D eigenvalue weighted by molar-refractivity contribution is 6.06. The van der Waals surface area contributed by atoms with Gasteiger partial charge >= 0.3 is 0 Å². The lowest BCUT2D eigenvalue weighted by Crippen LogP contribution is -2.62. The van der Waals surface area contributed by atoms with Gasteiger partial charge in [0.1, 0.15) is 29.7 Å². The number of carbonyl (C=O) groups excluding carboxylic acids is 3. The number of ether oxygens (including phenoxy) is 2. The van der Waals surface area contributed by atoms with Gasteiger partial charge in [-0.15, -0.1) is 0 Å². The van der Waals surface area contributed by atoms with E-state index in [1.807, 2.05) is 24.3 Å². The van der Waals surface area contributed by atoms with Crippen LogP contribution in [-0.2, 0) is 27.3 Å². The molecule has 298 valence electrons. The second-order valence-corrected chi connectivity index (χ2v) is 17.7. The Labute approximate surface area is 338 Å². The molecule has 6 heterocycles. The number of aromatic hydroxyl groups is 1. The molecule has 58 heavy (non-hydrogen) atoms. The molecule has 1 aliphatic carbocycles. The lowest BCUT2D eigenvalue weighted by atomic mass is 9.69. The van der Waals surface area contributed by atoms with Gasteiger partial charge in [0.05, 0.1) is 24.9 Å². The number of phenols is 1. The van der Waals surface area contributed by atoms with Gasteiger partial charge in [-0.3, -0.25) is 24.6 Å². The summed E-state index contributed by atoms with van der Waals surface area (Å²) in [6.07, 6.45) is 3.67. The quantitative estimate of drug-likeness (QED) is 0.255. The smallest absolute Gasteiger partial charge is 0.255 e. The van der Waals surface area contributed by atoms with Crippen molar-refractivity contribution >= 4 is 29.1 Å². The van der Waals surface area contributed by atoms with Gasteiger partial charge in [0.2, 0.25) is 11.8 Å². The van der Waals surface area contributed by atoms with Crippen molar-refractivity contribution in [2.45, 2.75) is 68.2 Å². The minimum atomic E-state index is -0.640. The van der Waals surface area contributed by atoms with Crippen LogP contribution < -0.4 is 19.9 Å². The first-order valence-electron chi connectivity index (χ1n) is 21.1. The van der Waals surface area contributed by atoms with Crippen LogP contribution in [0.1, 0.15) is 75.7 Å². The third-order valence-corrected chi connectivity index (χ3v) is 14.1. The molecular weight excluding hydrogens is 731 g/mol. The zero-order valence-electron chi connectivity index (χ0n) is 32.6. The van der Waals surface area contributed by atoms with Crippen molar-refractivity contribution in [1.29, 1.82) is 0 Å². The molecule has 6 aliphatic heterocycles. The highest BCUT2D eigenvalue weighted by Crippen LogP contribution is 2.48. The second-order valence-electron chi connectivity index (χ2n) is 17.7. The Kier molecular flexibility index (Phi) is 8.55. The molecule has 4 fully saturated rings. The number of rotatable bonds is 6. The Morgan fingerprint density at radius 3 is 2.52 bits per heavy atom. The van der Waals surface area contributed by atoms with Gasteiger partial charge in [-0.2, -0.15) is 0 Å². The van der Waals surface area contributed by atoms with E-state index in [0.717, 1.165) is 82.1 Å². The van der Waals surface area contributed by atoms with Crippen LogP contribution in [0.5, 0.6) is 11.5 Å². The van der Waals surface area contributed by atoms with Crippen LogP contribution in [-0.4, -0.2) is 103 Å². The van der Waals surface area contributed by atoms with E-state index >= 15 is 0 Å². The minimum Gasteiger partial charge on any atom is -0.508 e. The zero-order valence-corrected chi connectivity index (χ0v) is 32.6. The molecule has 4 aromatic carbocycles. The molecule has 0 bridgehead atoms. The summed E-state index contributed by atoms with van der Waals surface area (Å²) in [6.45, 7) is 7.24. The lowest BCUT2D eigenvalue weighted by molar-refractivity contribution is -0.136. The van der Waals surface area contributed by atoms with Crippen LogP contribution in [0.15, 0.2) is 84.9 Å². The van der Waals surface area contributed by atoms with Gasteiger partial charge in [-0.25, -0.2) is 0 Å². The second kappa shape index (κ2) is 13.9. The predicted octanol–water partition coefficient (Wildman–Crippen LogP) is 5.19. The minimum absolute atomic E-state index is 0.0830. The number of piperidine rings is 1. The van der Waals surface area contributed by atoms with E-state index < -0.39 is 11.9 Å². The SMILES string of the molecule is O=C1CC[C@H](N2Cc3c(ccc4c3OC[C@H]3CN(CC5COC6(C5)CN(c5ccc([C@@H]7c8ccc(O)cc8CC[C@@H]7c7ccccc7)cc5)C6)CCN43)C2=O)C(=O)N1. The monoisotopic (exact) mass is 779 g/mol. The Morgan fingerprint density at radius 2 is 1.69 bits per heavy atom. The maximum atomic E-state index is 13.4. The summed E-state index contributed by atoms with van der Waals surface area (Å²) in [5, 5.41) is 12.6. The van der Waals surface area contributed by atoms with Crippen LogP contribution >= 0.6 is 0 Å². The third-order valence-electron chi connectivity index (χ3n) is 14.1. The average molecular weight is 780 g/mol. The van der Waals surface area contributed by atoms with E-state index in [0.29, 0.717) is 42.7 Å². The lowest BCUT2D eigenvalue weighted by Gasteiger charge is -2.49. The van der Waals surface area contributed by atoms with E-state index in [9.17, 15) is 19.5 Å². The number of phenolic OH excluding ortho intramolecular Hbond substituents is 1. The summed E-state index contributed by atoms with van der Waals surface area (Å²) in [5.41, 5.74) is 8.89. The molecule has 1 spiro atoms. The van der Waals surface area contributed by atoms with E-state index in [1.165, 1.54) is 27.9 Å². The number of fused-ring (bicyclic) bond motifs is 6. The molecule has 11 nitrogen and oxygen atoms in total. The van der Waals surface area contributed by atoms with Crippen molar-refractivity contribution in [3.8, 4) is 11.5 Å². The number of anilines is 2. The average Bonchev–Trinajstić information content (AvgIpc) is 3.81. The van der Waals surface area contributed by atoms with Gasteiger partial charge in [0.25, 0.3) is 5.91 Å². The number of hydrogen-bond acceptors (Lipinski definition) is 9. The van der Waals surface area contributed by atoms with E-state index in [1.54, 1.807) is 4.90 Å². The van der Waals surface area contributed by atoms with Crippen LogP contribution in [0.3, 0.4) is 0 Å². The molecule has 2 N–H and O–H groups in total. The van der Waals surface area contributed by atoms with Crippen molar-refractivity contribution in [3.63, 3.8) is 0 Å². The normalized spacial score (nSPS) is 27.3. The highest BCUT2D eigenvalue weighted by atomic mass is 16.5. The number of piperazine rings is 1. The van der Waals surface area contributed by atoms with Crippen molar-refractivity contribution in [3.05, 3.63) is 118 Å². The van der Waals surface area contributed by atoms with Crippen molar-refractivity contribution in [2.24, 2.45) is 5.92 Å². The number of imide groups is 1. The number of benzene rings is 4. The molecule has 0 aromatic heterocycles. The molecule has 7 aliphatic rings. The largest absolute Gasteiger partial charge is 0.508 e. The molecule has 4 aromatic rings. The van der Waals surface area contributed by atoms with Crippen LogP contribution in [0.2, 0.25) is 0 Å². The Morgan fingerprint density at radius 1 is 0.845 bits per heavy atom. The Hall–Kier alpha value is -5.39. The van der Waals surface area contributed by atoms with E-state index in [4.69, 9.17) is 9.47 Å². The number of aryl methyl sites for hydroxylation is 1. The molecule has 1 unspecified atom stereocenters. The highest BCUT2D eigenvalue weighted by Gasteiger charge is 2.50. The predicted molar refractivity (Wildman–Crippen MR) is 218 cm³/mol. The van der Waals surface area contributed by atoms with Crippen molar-refractivity contribution in [2.75, 3.05) is 62.3 Å². The summed E-state index contributed by atoms with van der Waals surface area (Å²) in [7, 11) is 0. The Balaban J connectivity index is 0.708. The van der Waals surface area contributed by atoms with Crippen LogP contribution in [0.4, 0.5) is 11.4 Å². The molecule has 5 atom stereocenters. The number of amides is 3. The molecule has 0 saturated carbocycles. The fourth-order valence-corrected chi connectivity index (χ4v) is 11.4. The number of carbonyl (C=O) groups is 3. The van der Waals surface area contributed by atoms with Gasteiger partial charge in [-0.1, -0.05) is 48.5 Å². The van der Waals surface area contributed by atoms with Gasteiger partial charge < -0.3 is 29.3 Å². The first-order valence-corrected chi connectivity index (χ1v) is 21.1. The molecule has 0 radical (unpaired) electrons. The molecule has 11 heteroatoms. The summed E-state index contributed by atoms with van der Waals surface area (Å²) >= 11 is 0. The zero-order chi connectivity index (χ0) is 39.1. The Bertz CT molecular complexity index is 2290. The summed E-state index contributed by atoms with van der Waals surface area (Å²) < 4.78 is 13.0. The fraction of sp³-hybridized carbons (Fsp3) is 0.426. The number of hydrogen-bond donors (Lipinski definition) is 2. The molecule has 3 amide bonds. The first-order chi connectivity index (χ1) is 28.3. The number of nitrogens with one attached hydrogen (secondary N) is 1. The topological polar surface area (TPSA) is 115 Å². The van der Waals surface area contributed by atoms with Crippen molar-refractivity contribution in [1.82, 2.24) is 15.1 Å². The van der Waals surface area contributed by atoms with Crippen LogP contribution in [0, 0.1) is 5.92 Å². The van der Waals surface area contributed by atoms with Gasteiger partial charge in [0.15, 0.2) is 0 Å². The summed E-state index contributed by atoms with van der Waals surface area (Å²) in [6, 6.07) is 29.5. The fourth-order valence-electron chi connectivity index (χ4n) is 11.4. The maximum absolute atomic E-state index is 13.4. The molecular formula is C47H49N5O6. The van der Waals surface area contributed by atoms with E-state index in [-0.39, 0.29) is 35.8 Å². The maximum Gasteiger partial charge on any atom is 0.255 e. The number of nitrogens with zero attached hydrogens (tertiary/aromatic N) is 4. The van der Waals surface area contributed by atoms with Crippen molar-refractivity contribution < 1.29 is 29.0 Å². The standard InChI is InChI=1S/C47H49N5O6/c53-35-11-13-37-32(20-35)8-12-36(30-4-2-1-3-5-30)43(37)31-6-9-33(10-7-31)50-27-47(28-50)21-29(25-58-47)22-49-18-19-51-34(23-49)26-57-44-39-24-52(41-16-17-42(54)48-45(41)55)46(56)38(39)14-15-40(44)51/h1-7,9-11,13-15,20,29,34,36,41,43,53H,8,12,16-19,21-28H2,(H,48,54,55)/t29?,34-,36-,41+,43+/m1/s1. The summed E-state index contributed by atoms with van der Waals surface area (Å²) in [5.74, 6) is 1.36. The molecule has 11 rings (SSSR count). The van der Waals surface area contributed by atoms with Gasteiger partial charge in [0, 0.05) is 68.4 Å². The van der Waals surface area contributed by atoms with Gasteiger partial charge in [-0.05, 0) is 96.2 Å².